The summed E-state index contributed by atoms with van der Waals surface area (Å²) in [4.78, 5) is 21.3. The fourth-order valence-corrected chi connectivity index (χ4v) is 2.65. The van der Waals surface area contributed by atoms with Crippen LogP contribution in [0.3, 0.4) is 0 Å². The molecule has 6 nitrogen and oxygen atoms in total. The van der Waals surface area contributed by atoms with Crippen LogP contribution in [0, 0.1) is 0 Å². The standard InChI is InChI=1S/C9H15NO5S/c11-7(9(14)15)5-16-10-4-2-1-3-6(10)8(12)13/h6-7,11H,1-5H2,(H,12,13)(H,14,15). The maximum Gasteiger partial charge on any atom is 0.333 e. The molecule has 0 spiro atoms. The average molecular weight is 249 g/mol. The van der Waals surface area contributed by atoms with E-state index >= 15 is 0 Å². The third-order valence-electron chi connectivity index (χ3n) is 2.42. The van der Waals surface area contributed by atoms with Gasteiger partial charge in [-0.3, -0.25) is 4.79 Å². The number of aliphatic carboxylic acids is 2. The number of rotatable bonds is 5. The van der Waals surface area contributed by atoms with Crippen molar-refractivity contribution < 1.29 is 24.9 Å². The Morgan fingerprint density at radius 1 is 1.38 bits per heavy atom. The van der Waals surface area contributed by atoms with Crippen LogP contribution in [0.4, 0.5) is 0 Å². The van der Waals surface area contributed by atoms with Gasteiger partial charge in [-0.15, -0.1) is 0 Å². The third kappa shape index (κ3) is 3.66. The lowest BCUT2D eigenvalue weighted by Crippen LogP contribution is -2.41. The summed E-state index contributed by atoms with van der Waals surface area (Å²) in [7, 11) is 0. The molecule has 1 saturated heterocycles. The van der Waals surface area contributed by atoms with Crippen molar-refractivity contribution in [3.63, 3.8) is 0 Å². The number of nitrogens with zero attached hydrogens (tertiary/aromatic N) is 1. The molecule has 0 saturated carbocycles. The zero-order valence-electron chi connectivity index (χ0n) is 8.70. The molecule has 0 amide bonds. The van der Waals surface area contributed by atoms with Gasteiger partial charge in [0.15, 0.2) is 6.10 Å². The molecule has 1 rings (SSSR count). The first-order chi connectivity index (χ1) is 7.52. The van der Waals surface area contributed by atoms with Crippen LogP contribution in [-0.2, 0) is 9.59 Å². The quantitative estimate of drug-likeness (QED) is 0.591. The molecule has 92 valence electrons. The second kappa shape index (κ2) is 6.07. The summed E-state index contributed by atoms with van der Waals surface area (Å²) in [5.41, 5.74) is 0. The SMILES string of the molecule is O=C(O)C(O)CSN1CCCCC1C(=O)O. The maximum absolute atomic E-state index is 10.9. The number of hydrogen-bond donors (Lipinski definition) is 3. The minimum atomic E-state index is -1.44. The van der Waals surface area contributed by atoms with Crippen LogP contribution >= 0.6 is 11.9 Å². The van der Waals surface area contributed by atoms with E-state index in [1.165, 1.54) is 0 Å². The van der Waals surface area contributed by atoms with Crippen LogP contribution in [0.25, 0.3) is 0 Å². The molecular weight excluding hydrogens is 234 g/mol. The second-order valence-electron chi connectivity index (χ2n) is 3.64. The molecule has 0 radical (unpaired) electrons. The molecule has 1 aliphatic heterocycles. The predicted molar refractivity (Wildman–Crippen MR) is 58.1 cm³/mol. The van der Waals surface area contributed by atoms with Crippen molar-refractivity contribution >= 4 is 23.9 Å². The van der Waals surface area contributed by atoms with Gasteiger partial charge in [0.2, 0.25) is 0 Å². The lowest BCUT2D eigenvalue weighted by molar-refractivity contribution is -0.145. The van der Waals surface area contributed by atoms with Gasteiger partial charge in [0.1, 0.15) is 6.04 Å². The van der Waals surface area contributed by atoms with E-state index in [0.717, 1.165) is 24.8 Å². The van der Waals surface area contributed by atoms with Crippen LogP contribution in [-0.4, -0.2) is 56.0 Å². The monoisotopic (exact) mass is 249 g/mol. The van der Waals surface area contributed by atoms with Gasteiger partial charge in [-0.1, -0.05) is 11.9 Å². The minimum Gasteiger partial charge on any atom is -0.480 e. The lowest BCUT2D eigenvalue weighted by atomic mass is 10.1. The molecule has 0 aliphatic carbocycles. The summed E-state index contributed by atoms with van der Waals surface area (Å²) >= 11 is 1.09. The number of piperidine rings is 1. The van der Waals surface area contributed by atoms with Gasteiger partial charge in [0.05, 0.1) is 0 Å². The molecule has 0 aromatic heterocycles. The summed E-state index contributed by atoms with van der Waals surface area (Å²) < 4.78 is 1.65. The smallest absolute Gasteiger partial charge is 0.333 e. The largest absolute Gasteiger partial charge is 0.480 e. The van der Waals surface area contributed by atoms with Crippen molar-refractivity contribution in [1.29, 1.82) is 0 Å². The van der Waals surface area contributed by atoms with Gasteiger partial charge >= 0.3 is 11.9 Å². The number of carbonyl (C=O) groups is 2. The number of aliphatic hydroxyl groups is 1. The zero-order valence-corrected chi connectivity index (χ0v) is 9.52. The topological polar surface area (TPSA) is 98.1 Å². The Bertz CT molecular complexity index is 273. The predicted octanol–water partition coefficient (Wildman–Crippen LogP) is 0.0192. The van der Waals surface area contributed by atoms with Crippen molar-refractivity contribution in [3.05, 3.63) is 0 Å². The zero-order chi connectivity index (χ0) is 12.1. The normalized spacial score (nSPS) is 23.9. The Labute approximate surface area is 97.4 Å². The van der Waals surface area contributed by atoms with Crippen LogP contribution in [0.5, 0.6) is 0 Å². The van der Waals surface area contributed by atoms with Gasteiger partial charge in [0.25, 0.3) is 0 Å². The Balaban J connectivity index is 2.44. The van der Waals surface area contributed by atoms with Gasteiger partial charge in [-0.25, -0.2) is 9.10 Å². The molecule has 0 aromatic rings. The van der Waals surface area contributed by atoms with E-state index in [4.69, 9.17) is 15.3 Å². The molecule has 2 atom stereocenters. The van der Waals surface area contributed by atoms with Crippen LogP contribution in [0.1, 0.15) is 19.3 Å². The Morgan fingerprint density at radius 2 is 2.06 bits per heavy atom. The highest BCUT2D eigenvalue weighted by molar-refractivity contribution is 7.97. The van der Waals surface area contributed by atoms with E-state index in [2.05, 4.69) is 0 Å². The Morgan fingerprint density at radius 3 is 2.62 bits per heavy atom. The van der Waals surface area contributed by atoms with E-state index < -0.39 is 24.1 Å². The number of hydrogen-bond acceptors (Lipinski definition) is 5. The summed E-state index contributed by atoms with van der Waals surface area (Å²) in [6, 6.07) is -0.570. The summed E-state index contributed by atoms with van der Waals surface area (Å²) in [5, 5.41) is 26.5. The molecule has 1 fully saturated rings. The van der Waals surface area contributed by atoms with E-state index in [1.54, 1.807) is 4.31 Å². The molecule has 0 bridgehead atoms. The summed E-state index contributed by atoms with van der Waals surface area (Å²) in [5.74, 6) is -2.19. The average Bonchev–Trinajstić information content (AvgIpc) is 2.25. The van der Waals surface area contributed by atoms with Gasteiger partial charge in [-0.2, -0.15) is 0 Å². The molecule has 2 unspecified atom stereocenters. The fourth-order valence-electron chi connectivity index (χ4n) is 1.54. The van der Waals surface area contributed by atoms with Crippen LogP contribution in [0.15, 0.2) is 0 Å². The molecular formula is C9H15NO5S. The van der Waals surface area contributed by atoms with E-state index in [1.807, 2.05) is 0 Å². The fraction of sp³-hybridized carbons (Fsp3) is 0.778. The first-order valence-corrected chi connectivity index (χ1v) is 6.00. The number of carboxylic acids is 2. The van der Waals surface area contributed by atoms with Crippen LogP contribution < -0.4 is 0 Å². The third-order valence-corrected chi connectivity index (χ3v) is 3.66. The number of carboxylic acid groups (broad SMARTS) is 2. The van der Waals surface area contributed by atoms with Crippen molar-refractivity contribution in [2.45, 2.75) is 31.4 Å². The Hall–Kier alpha value is -0.790. The van der Waals surface area contributed by atoms with E-state index in [0.29, 0.717) is 13.0 Å². The maximum atomic E-state index is 10.9. The summed E-state index contributed by atoms with van der Waals surface area (Å²) in [6.45, 7) is 0.619. The van der Waals surface area contributed by atoms with Crippen LogP contribution in [0.2, 0.25) is 0 Å². The lowest BCUT2D eigenvalue weighted by Gasteiger charge is -2.31. The molecule has 16 heavy (non-hydrogen) atoms. The highest BCUT2D eigenvalue weighted by Crippen LogP contribution is 2.25. The first-order valence-electron chi connectivity index (χ1n) is 5.05. The first kappa shape index (κ1) is 13.3. The number of aliphatic hydroxyl groups excluding tert-OH is 1. The van der Waals surface area contributed by atoms with Crippen molar-refractivity contribution in [2.75, 3.05) is 12.3 Å². The molecule has 1 aliphatic rings. The highest BCUT2D eigenvalue weighted by Gasteiger charge is 2.29. The van der Waals surface area contributed by atoms with Crippen molar-refractivity contribution in [1.82, 2.24) is 4.31 Å². The molecule has 3 N–H and O–H groups in total. The minimum absolute atomic E-state index is 0.0148. The molecule has 1 heterocycles. The Kier molecular flexibility index (Phi) is 5.04. The van der Waals surface area contributed by atoms with Gasteiger partial charge in [0, 0.05) is 12.3 Å². The second-order valence-corrected chi connectivity index (χ2v) is 4.70. The van der Waals surface area contributed by atoms with Crippen molar-refractivity contribution in [2.24, 2.45) is 0 Å². The highest BCUT2D eigenvalue weighted by atomic mass is 32.2. The van der Waals surface area contributed by atoms with Crippen molar-refractivity contribution in [3.8, 4) is 0 Å². The van der Waals surface area contributed by atoms with E-state index in [9.17, 15) is 9.59 Å². The molecule has 7 heteroatoms. The summed E-state index contributed by atoms with van der Waals surface area (Å²) in [6.07, 6.45) is 0.905. The molecule has 0 aromatic carbocycles. The van der Waals surface area contributed by atoms with Gasteiger partial charge < -0.3 is 15.3 Å². The van der Waals surface area contributed by atoms with Gasteiger partial charge in [-0.05, 0) is 19.3 Å². The van der Waals surface area contributed by atoms with E-state index in [-0.39, 0.29) is 5.75 Å².